The normalized spacial score (nSPS) is 11.3. The van der Waals surface area contributed by atoms with Gasteiger partial charge in [-0.1, -0.05) is 20.8 Å². The Morgan fingerprint density at radius 2 is 1.90 bits per heavy atom. The number of rotatable bonds is 4. The highest BCUT2D eigenvalue weighted by atomic mass is 16.5. The molecule has 0 bridgehead atoms. The van der Waals surface area contributed by atoms with Crippen molar-refractivity contribution in [3.8, 4) is 17.5 Å². The lowest BCUT2D eigenvalue weighted by Crippen LogP contribution is -2.25. The molecule has 0 fully saturated rings. The molecule has 0 aliphatic heterocycles. The van der Waals surface area contributed by atoms with E-state index >= 15 is 0 Å². The molecule has 3 rings (SSSR count). The van der Waals surface area contributed by atoms with Gasteiger partial charge in [0.1, 0.15) is 23.2 Å². The summed E-state index contributed by atoms with van der Waals surface area (Å²) in [6.45, 7) is 7.64. The third kappa shape index (κ3) is 3.47. The zero-order valence-electron chi connectivity index (χ0n) is 17.0. The van der Waals surface area contributed by atoms with Crippen LogP contribution in [0.2, 0.25) is 0 Å². The molecule has 0 spiro atoms. The molecule has 0 saturated heterocycles. The average Bonchev–Trinajstić information content (AvgIpc) is 3.10. The van der Waals surface area contributed by atoms with Crippen molar-refractivity contribution in [3.05, 3.63) is 57.6 Å². The summed E-state index contributed by atoms with van der Waals surface area (Å²) in [5.41, 5.74) is -0.150. The van der Waals surface area contributed by atoms with Crippen LogP contribution in [0.25, 0.3) is 11.3 Å². The smallest absolute Gasteiger partial charge is 0.343 e. The number of nitrogens with zero attached hydrogens (tertiary/aromatic N) is 4. The first kappa shape index (κ1) is 20.1. The quantitative estimate of drug-likeness (QED) is 0.631. The fraction of sp³-hybridized carbons (Fsp3) is 0.333. The standard InChI is InChI=1S/C21H22N4O4/c1-6-29-19(27)16-11-13(12-22)17-24(14-7-9-15(28-5)10-8-14)20(21(2,3)4)23-25(17)18(16)26/h7-11H,6H2,1-5H3. The number of hydrogen-bond donors (Lipinski definition) is 0. The van der Waals surface area contributed by atoms with Gasteiger partial charge in [-0.2, -0.15) is 9.78 Å². The van der Waals surface area contributed by atoms with E-state index in [9.17, 15) is 14.9 Å². The van der Waals surface area contributed by atoms with E-state index in [0.717, 1.165) is 4.52 Å². The third-order valence-corrected chi connectivity index (χ3v) is 4.39. The first-order valence-electron chi connectivity index (χ1n) is 9.13. The zero-order valence-corrected chi connectivity index (χ0v) is 17.0. The van der Waals surface area contributed by atoms with Crippen LogP contribution in [0.3, 0.4) is 0 Å². The number of benzene rings is 1. The molecule has 1 aromatic carbocycles. The molecule has 0 radical (unpaired) electrons. The molecule has 8 nitrogen and oxygen atoms in total. The van der Waals surface area contributed by atoms with Crippen LogP contribution in [0, 0.1) is 11.3 Å². The number of hydrogen-bond acceptors (Lipinski definition) is 6. The van der Waals surface area contributed by atoms with Crippen molar-refractivity contribution in [1.29, 1.82) is 5.26 Å². The van der Waals surface area contributed by atoms with Crippen LogP contribution in [0.1, 0.15) is 49.4 Å². The second-order valence-corrected chi connectivity index (χ2v) is 7.45. The summed E-state index contributed by atoms with van der Waals surface area (Å²) >= 11 is 0. The Labute approximate surface area is 167 Å². The maximum absolute atomic E-state index is 13.0. The van der Waals surface area contributed by atoms with Gasteiger partial charge in [-0.15, -0.1) is 5.10 Å². The first-order valence-corrected chi connectivity index (χ1v) is 9.13. The van der Waals surface area contributed by atoms with E-state index in [2.05, 4.69) is 11.2 Å². The van der Waals surface area contributed by atoms with Crippen molar-refractivity contribution in [3.63, 3.8) is 0 Å². The molecule has 2 heterocycles. The van der Waals surface area contributed by atoms with Gasteiger partial charge in [0.2, 0.25) is 0 Å². The minimum Gasteiger partial charge on any atom is -0.497 e. The Morgan fingerprint density at radius 3 is 2.41 bits per heavy atom. The highest BCUT2D eigenvalue weighted by molar-refractivity contribution is 5.90. The topological polar surface area (TPSA) is 98.6 Å². The van der Waals surface area contributed by atoms with E-state index < -0.39 is 16.9 Å². The summed E-state index contributed by atoms with van der Waals surface area (Å²) in [4.78, 5) is 25.2. The lowest BCUT2D eigenvalue weighted by atomic mass is 9.95. The molecule has 150 valence electrons. The van der Waals surface area contributed by atoms with Crippen molar-refractivity contribution in [2.75, 3.05) is 13.7 Å². The van der Waals surface area contributed by atoms with E-state index in [1.165, 1.54) is 6.07 Å². The van der Waals surface area contributed by atoms with Gasteiger partial charge < -0.3 is 9.47 Å². The van der Waals surface area contributed by atoms with Crippen LogP contribution in [0.15, 0.2) is 35.1 Å². The average molecular weight is 394 g/mol. The van der Waals surface area contributed by atoms with Gasteiger partial charge in [0.25, 0.3) is 5.56 Å². The third-order valence-electron chi connectivity index (χ3n) is 4.39. The largest absolute Gasteiger partial charge is 0.497 e. The van der Waals surface area contributed by atoms with E-state index in [1.54, 1.807) is 30.7 Å². The van der Waals surface area contributed by atoms with Gasteiger partial charge in [-0.25, -0.2) is 4.79 Å². The fourth-order valence-corrected chi connectivity index (χ4v) is 3.04. The summed E-state index contributed by atoms with van der Waals surface area (Å²) in [7, 11) is 1.58. The maximum atomic E-state index is 13.0. The van der Waals surface area contributed by atoms with E-state index in [4.69, 9.17) is 9.47 Å². The Balaban J connectivity index is 2.43. The molecular weight excluding hydrogens is 372 g/mol. The number of esters is 1. The minimum absolute atomic E-state index is 0.121. The monoisotopic (exact) mass is 394 g/mol. The molecule has 8 heteroatoms. The molecule has 0 unspecified atom stereocenters. The van der Waals surface area contributed by atoms with Crippen LogP contribution < -0.4 is 10.3 Å². The van der Waals surface area contributed by atoms with Crippen molar-refractivity contribution in [1.82, 2.24) is 14.2 Å². The fourth-order valence-electron chi connectivity index (χ4n) is 3.04. The second-order valence-electron chi connectivity index (χ2n) is 7.45. The summed E-state index contributed by atoms with van der Waals surface area (Å²) in [5, 5.41) is 14.2. The molecule has 0 aliphatic rings. The second kappa shape index (κ2) is 7.43. The van der Waals surface area contributed by atoms with Crippen molar-refractivity contribution < 1.29 is 14.3 Å². The minimum atomic E-state index is -0.778. The van der Waals surface area contributed by atoms with Crippen molar-refractivity contribution >= 4 is 11.6 Å². The van der Waals surface area contributed by atoms with E-state index in [1.807, 2.05) is 32.9 Å². The molecule has 3 aromatic rings. The molecule has 0 N–H and O–H groups in total. The van der Waals surface area contributed by atoms with Gasteiger partial charge in [0.05, 0.1) is 19.3 Å². The van der Waals surface area contributed by atoms with Crippen LogP contribution in [0.4, 0.5) is 0 Å². The van der Waals surface area contributed by atoms with Gasteiger partial charge >= 0.3 is 5.97 Å². The molecule has 29 heavy (non-hydrogen) atoms. The van der Waals surface area contributed by atoms with E-state index in [-0.39, 0.29) is 17.7 Å². The van der Waals surface area contributed by atoms with Gasteiger partial charge in [0.15, 0.2) is 5.65 Å². The Morgan fingerprint density at radius 1 is 1.24 bits per heavy atom. The number of aromatic nitrogens is 3. The number of nitriles is 1. The molecule has 2 aromatic heterocycles. The summed E-state index contributed by atoms with van der Waals surface area (Å²) in [5.74, 6) is 0.467. The number of fused-ring (bicyclic) bond motifs is 1. The first-order chi connectivity index (χ1) is 13.7. The van der Waals surface area contributed by atoms with Crippen LogP contribution in [-0.4, -0.2) is 33.9 Å². The number of methoxy groups -OCH3 is 1. The Hall–Kier alpha value is -3.60. The molecule has 0 atom stereocenters. The summed E-state index contributed by atoms with van der Waals surface area (Å²) < 4.78 is 13.0. The number of pyridine rings is 1. The number of carbonyl (C=O) groups excluding carboxylic acids is 1. The zero-order chi connectivity index (χ0) is 21.3. The van der Waals surface area contributed by atoms with E-state index in [0.29, 0.717) is 22.9 Å². The lowest BCUT2D eigenvalue weighted by molar-refractivity contribution is 0.0524. The Kier molecular flexibility index (Phi) is 5.16. The van der Waals surface area contributed by atoms with Gasteiger partial charge in [-0.3, -0.25) is 9.36 Å². The van der Waals surface area contributed by atoms with Crippen LogP contribution in [0.5, 0.6) is 5.75 Å². The predicted octanol–water partition coefficient (Wildman–Crippen LogP) is 2.84. The van der Waals surface area contributed by atoms with Crippen molar-refractivity contribution in [2.24, 2.45) is 0 Å². The SMILES string of the molecule is CCOC(=O)c1cc(C#N)c2n(-c3ccc(OC)cc3)c(C(C)(C)C)nn2c1=O. The maximum Gasteiger partial charge on any atom is 0.343 e. The summed E-state index contributed by atoms with van der Waals surface area (Å²) in [6.07, 6.45) is 0. The number of carbonyl (C=O) groups is 1. The van der Waals surface area contributed by atoms with Crippen molar-refractivity contribution in [2.45, 2.75) is 33.1 Å². The van der Waals surface area contributed by atoms with Gasteiger partial charge in [-0.05, 0) is 37.3 Å². The van der Waals surface area contributed by atoms with Gasteiger partial charge in [0, 0.05) is 11.1 Å². The highest BCUT2D eigenvalue weighted by Gasteiger charge is 2.28. The molecule has 0 amide bonds. The molecule has 0 aliphatic carbocycles. The highest BCUT2D eigenvalue weighted by Crippen LogP contribution is 2.28. The summed E-state index contributed by atoms with van der Waals surface area (Å²) in [6, 6.07) is 10.6. The molecule has 0 saturated carbocycles. The molecular formula is C21H22N4O4. The number of ether oxygens (including phenoxy) is 2. The van der Waals surface area contributed by atoms with Crippen LogP contribution in [-0.2, 0) is 10.2 Å². The van der Waals surface area contributed by atoms with Crippen LogP contribution >= 0.6 is 0 Å². The lowest BCUT2D eigenvalue weighted by Gasteiger charge is -2.19. The Bertz CT molecular complexity index is 1180. The predicted molar refractivity (Wildman–Crippen MR) is 107 cm³/mol.